The molecule has 1 heterocycles. The van der Waals surface area contributed by atoms with Crippen molar-refractivity contribution in [3.63, 3.8) is 0 Å². The van der Waals surface area contributed by atoms with Gasteiger partial charge in [0.15, 0.2) is 5.78 Å². The number of aromatic nitrogens is 2. The maximum Gasteiger partial charge on any atom is 0.374 e. The van der Waals surface area contributed by atoms with E-state index in [0.717, 1.165) is 7.11 Å². The van der Waals surface area contributed by atoms with Gasteiger partial charge in [-0.15, -0.1) is 0 Å². The Morgan fingerprint density at radius 2 is 2.06 bits per heavy atom. The van der Waals surface area contributed by atoms with Crippen LogP contribution in [0.2, 0.25) is 0 Å². The molecular formula is C10H10N2O4. The summed E-state index contributed by atoms with van der Waals surface area (Å²) in [5.74, 6) is -2.40. The van der Waals surface area contributed by atoms with Gasteiger partial charge in [0.1, 0.15) is 6.33 Å². The number of ether oxygens (including phenoxy) is 1. The first-order valence-electron chi connectivity index (χ1n) is 4.47. The van der Waals surface area contributed by atoms with E-state index in [1.165, 1.54) is 12.5 Å². The molecule has 0 bridgehead atoms. The number of rotatable bonds is 4. The van der Waals surface area contributed by atoms with Crippen molar-refractivity contribution in [1.82, 2.24) is 9.97 Å². The Bertz CT molecular complexity index is 442. The van der Waals surface area contributed by atoms with Crippen LogP contribution in [-0.2, 0) is 14.3 Å². The van der Waals surface area contributed by atoms with E-state index >= 15 is 0 Å². The number of methoxy groups -OCH3 is 1. The smallest absolute Gasteiger partial charge is 0.374 e. The van der Waals surface area contributed by atoms with Crippen molar-refractivity contribution in [2.24, 2.45) is 0 Å². The summed E-state index contributed by atoms with van der Waals surface area (Å²) in [7, 11) is 1.08. The van der Waals surface area contributed by atoms with Gasteiger partial charge in [-0.3, -0.25) is 9.59 Å². The van der Waals surface area contributed by atoms with Crippen LogP contribution in [0.15, 0.2) is 12.5 Å². The van der Waals surface area contributed by atoms with E-state index < -0.39 is 24.0 Å². The molecule has 0 saturated heterocycles. The molecule has 1 rings (SSSR count). The van der Waals surface area contributed by atoms with Crippen LogP contribution in [0.5, 0.6) is 0 Å². The zero-order valence-corrected chi connectivity index (χ0v) is 8.89. The third-order valence-electron chi connectivity index (χ3n) is 1.95. The van der Waals surface area contributed by atoms with Crippen LogP contribution in [0.25, 0.3) is 0 Å². The SMILES string of the molecule is COC(=O)C(=O)CC(=O)c1cncnc1C. The maximum atomic E-state index is 11.6. The lowest BCUT2D eigenvalue weighted by atomic mass is 10.1. The Balaban J connectivity index is 2.78. The molecule has 0 radical (unpaired) electrons. The lowest BCUT2D eigenvalue weighted by Gasteiger charge is -2.01. The molecule has 0 fully saturated rings. The topological polar surface area (TPSA) is 86.2 Å². The Labute approximate surface area is 91.7 Å². The number of esters is 1. The molecule has 0 aliphatic heterocycles. The van der Waals surface area contributed by atoms with Gasteiger partial charge in [0.05, 0.1) is 24.8 Å². The first kappa shape index (κ1) is 12.0. The zero-order valence-electron chi connectivity index (χ0n) is 8.89. The average molecular weight is 222 g/mol. The van der Waals surface area contributed by atoms with Gasteiger partial charge >= 0.3 is 5.97 Å². The summed E-state index contributed by atoms with van der Waals surface area (Å²) < 4.78 is 4.21. The first-order chi connectivity index (χ1) is 7.56. The fourth-order valence-corrected chi connectivity index (χ4v) is 1.09. The molecule has 0 N–H and O–H groups in total. The number of ketones is 2. The minimum absolute atomic E-state index is 0.236. The summed E-state index contributed by atoms with van der Waals surface area (Å²) in [6, 6.07) is 0. The van der Waals surface area contributed by atoms with Crippen LogP contribution >= 0.6 is 0 Å². The summed E-state index contributed by atoms with van der Waals surface area (Å²) >= 11 is 0. The van der Waals surface area contributed by atoms with Crippen molar-refractivity contribution < 1.29 is 19.1 Å². The molecule has 0 saturated carbocycles. The molecule has 0 aliphatic carbocycles. The predicted octanol–water partition coefficient (Wildman–Crippen LogP) is 0.0999. The van der Waals surface area contributed by atoms with Gasteiger partial charge in [-0.05, 0) is 6.92 Å². The van der Waals surface area contributed by atoms with Gasteiger partial charge in [-0.1, -0.05) is 0 Å². The summed E-state index contributed by atoms with van der Waals surface area (Å²) in [5, 5.41) is 0. The van der Waals surface area contributed by atoms with E-state index in [1.807, 2.05) is 0 Å². The molecule has 0 unspecified atom stereocenters. The van der Waals surface area contributed by atoms with Gasteiger partial charge < -0.3 is 4.74 Å². The summed E-state index contributed by atoms with van der Waals surface area (Å²) in [5.41, 5.74) is 0.706. The third kappa shape index (κ3) is 2.69. The molecule has 0 amide bonds. The second-order valence-corrected chi connectivity index (χ2v) is 3.04. The zero-order chi connectivity index (χ0) is 12.1. The number of carbonyl (C=O) groups is 3. The van der Waals surface area contributed by atoms with Crippen molar-refractivity contribution in [2.75, 3.05) is 7.11 Å². The van der Waals surface area contributed by atoms with Crippen molar-refractivity contribution >= 4 is 17.5 Å². The number of hydrogen-bond acceptors (Lipinski definition) is 6. The van der Waals surface area contributed by atoms with E-state index in [0.29, 0.717) is 5.69 Å². The van der Waals surface area contributed by atoms with E-state index in [4.69, 9.17) is 0 Å². The highest BCUT2D eigenvalue weighted by atomic mass is 16.5. The van der Waals surface area contributed by atoms with Gasteiger partial charge in [0, 0.05) is 6.20 Å². The first-order valence-corrected chi connectivity index (χ1v) is 4.47. The number of carbonyl (C=O) groups excluding carboxylic acids is 3. The second kappa shape index (κ2) is 5.11. The second-order valence-electron chi connectivity index (χ2n) is 3.04. The molecule has 0 atom stereocenters. The average Bonchev–Trinajstić information content (AvgIpc) is 2.28. The highest BCUT2D eigenvalue weighted by molar-refractivity contribution is 6.38. The third-order valence-corrected chi connectivity index (χ3v) is 1.95. The number of hydrogen-bond donors (Lipinski definition) is 0. The minimum atomic E-state index is -1.03. The van der Waals surface area contributed by atoms with Crippen LogP contribution in [0.3, 0.4) is 0 Å². The summed E-state index contributed by atoms with van der Waals surface area (Å²) in [4.78, 5) is 41.0. The van der Waals surface area contributed by atoms with Crippen LogP contribution in [0.4, 0.5) is 0 Å². The molecule has 6 heteroatoms. The highest BCUT2D eigenvalue weighted by Crippen LogP contribution is 2.06. The quantitative estimate of drug-likeness (QED) is 0.311. The van der Waals surface area contributed by atoms with Crippen LogP contribution in [0.1, 0.15) is 22.5 Å². The number of nitrogens with zero attached hydrogens (tertiary/aromatic N) is 2. The summed E-state index contributed by atoms with van der Waals surface area (Å²) in [6.45, 7) is 1.62. The molecule has 1 aromatic rings. The van der Waals surface area contributed by atoms with Gasteiger partial charge in [0.25, 0.3) is 0 Å². The Hall–Kier alpha value is -2.11. The molecule has 1 aromatic heterocycles. The molecule has 0 aliphatic rings. The van der Waals surface area contributed by atoms with Crippen molar-refractivity contribution in [1.29, 1.82) is 0 Å². The maximum absolute atomic E-state index is 11.6. The van der Waals surface area contributed by atoms with Gasteiger partial charge in [-0.25, -0.2) is 14.8 Å². The normalized spacial score (nSPS) is 9.62. The van der Waals surface area contributed by atoms with Crippen LogP contribution in [0, 0.1) is 6.92 Å². The molecule has 0 aromatic carbocycles. The predicted molar refractivity (Wildman–Crippen MR) is 52.7 cm³/mol. The fourth-order valence-electron chi connectivity index (χ4n) is 1.09. The van der Waals surface area contributed by atoms with E-state index in [2.05, 4.69) is 14.7 Å². The molecule has 6 nitrogen and oxygen atoms in total. The number of Topliss-reactive ketones (excluding diaryl/α,β-unsaturated/α-hetero) is 2. The van der Waals surface area contributed by atoms with Crippen molar-refractivity contribution in [3.8, 4) is 0 Å². The van der Waals surface area contributed by atoms with Crippen molar-refractivity contribution in [2.45, 2.75) is 13.3 Å². The lowest BCUT2D eigenvalue weighted by molar-refractivity contribution is -0.151. The lowest BCUT2D eigenvalue weighted by Crippen LogP contribution is -2.20. The highest BCUT2D eigenvalue weighted by Gasteiger charge is 2.20. The van der Waals surface area contributed by atoms with E-state index in [-0.39, 0.29) is 5.56 Å². The van der Waals surface area contributed by atoms with E-state index in [1.54, 1.807) is 6.92 Å². The largest absolute Gasteiger partial charge is 0.463 e. The van der Waals surface area contributed by atoms with Gasteiger partial charge in [-0.2, -0.15) is 0 Å². The van der Waals surface area contributed by atoms with Crippen LogP contribution < -0.4 is 0 Å². The molecule has 16 heavy (non-hydrogen) atoms. The van der Waals surface area contributed by atoms with Gasteiger partial charge in [0.2, 0.25) is 5.78 Å². The standard InChI is InChI=1S/C10H10N2O4/c1-6-7(4-11-5-12-6)8(13)3-9(14)10(15)16-2/h4-5H,3H2,1-2H3. The Morgan fingerprint density at radius 3 is 2.62 bits per heavy atom. The monoisotopic (exact) mass is 222 g/mol. The molecular weight excluding hydrogens is 212 g/mol. The summed E-state index contributed by atoms with van der Waals surface area (Å²) in [6.07, 6.45) is 2.09. The van der Waals surface area contributed by atoms with Crippen LogP contribution in [-0.4, -0.2) is 34.6 Å². The minimum Gasteiger partial charge on any atom is -0.463 e. The fraction of sp³-hybridized carbons (Fsp3) is 0.300. The molecule has 84 valence electrons. The Kier molecular flexibility index (Phi) is 3.82. The molecule has 0 spiro atoms. The van der Waals surface area contributed by atoms with E-state index in [9.17, 15) is 14.4 Å². The van der Waals surface area contributed by atoms with Crippen molar-refractivity contribution in [3.05, 3.63) is 23.8 Å². The Morgan fingerprint density at radius 1 is 1.38 bits per heavy atom. The number of aryl methyl sites for hydroxylation is 1.